The first-order chi connectivity index (χ1) is 9.08. The number of carbonyl (C=O) groups excluding carboxylic acids is 1. The number of nitrogen functional groups attached to an aromatic ring is 1. The third-order valence-corrected chi connectivity index (χ3v) is 4.04. The normalized spacial score (nSPS) is 16.3. The molecular weight excluding hydrogens is 236 g/mol. The van der Waals surface area contributed by atoms with Gasteiger partial charge in [-0.25, -0.2) is 0 Å². The van der Waals surface area contributed by atoms with Crippen molar-refractivity contribution in [3.05, 3.63) is 29.3 Å². The van der Waals surface area contributed by atoms with Crippen LogP contribution in [0.15, 0.2) is 18.2 Å². The van der Waals surface area contributed by atoms with Gasteiger partial charge in [0.2, 0.25) is 0 Å². The second-order valence-electron chi connectivity index (χ2n) is 5.78. The van der Waals surface area contributed by atoms with Crippen LogP contribution in [0.2, 0.25) is 0 Å². The first kappa shape index (κ1) is 13.9. The highest BCUT2D eigenvalue weighted by atomic mass is 16.2. The van der Waals surface area contributed by atoms with Crippen LogP contribution >= 0.6 is 0 Å². The molecule has 0 heterocycles. The van der Waals surface area contributed by atoms with E-state index in [-0.39, 0.29) is 5.91 Å². The minimum atomic E-state index is 0.0479. The van der Waals surface area contributed by atoms with Crippen LogP contribution in [-0.2, 0) is 0 Å². The number of amides is 1. The molecule has 0 unspecified atom stereocenters. The van der Waals surface area contributed by atoms with Crippen LogP contribution in [-0.4, -0.2) is 24.4 Å². The number of hydrogen-bond donors (Lipinski definition) is 1. The molecule has 1 aliphatic carbocycles. The fraction of sp³-hybridized carbons (Fsp3) is 0.562. The van der Waals surface area contributed by atoms with Crippen molar-refractivity contribution in [3.8, 4) is 0 Å². The summed E-state index contributed by atoms with van der Waals surface area (Å²) in [6.07, 6.45) is 6.46. The van der Waals surface area contributed by atoms with Gasteiger partial charge in [-0.1, -0.05) is 30.9 Å². The largest absolute Gasteiger partial charge is 0.398 e. The molecule has 2 rings (SSSR count). The minimum absolute atomic E-state index is 0.0479. The van der Waals surface area contributed by atoms with Crippen LogP contribution in [0.3, 0.4) is 0 Å². The van der Waals surface area contributed by atoms with Gasteiger partial charge in [-0.15, -0.1) is 0 Å². The molecule has 1 aliphatic rings. The Kier molecular flexibility index (Phi) is 4.46. The Morgan fingerprint density at radius 3 is 2.68 bits per heavy atom. The van der Waals surface area contributed by atoms with Crippen molar-refractivity contribution >= 4 is 11.6 Å². The van der Waals surface area contributed by atoms with E-state index in [1.54, 1.807) is 0 Å². The van der Waals surface area contributed by atoms with Gasteiger partial charge in [0.05, 0.1) is 5.56 Å². The van der Waals surface area contributed by atoms with Crippen molar-refractivity contribution in [3.63, 3.8) is 0 Å². The number of rotatable bonds is 3. The van der Waals surface area contributed by atoms with Gasteiger partial charge in [0.15, 0.2) is 0 Å². The van der Waals surface area contributed by atoms with Gasteiger partial charge in [-0.05, 0) is 37.8 Å². The third kappa shape index (κ3) is 3.49. The molecule has 0 bridgehead atoms. The highest BCUT2D eigenvalue weighted by molar-refractivity contribution is 5.99. The molecule has 0 radical (unpaired) electrons. The Morgan fingerprint density at radius 2 is 2.00 bits per heavy atom. The summed E-state index contributed by atoms with van der Waals surface area (Å²) >= 11 is 0. The van der Waals surface area contributed by atoms with E-state index in [0.29, 0.717) is 17.2 Å². The molecule has 1 aromatic rings. The summed E-state index contributed by atoms with van der Waals surface area (Å²) in [5.41, 5.74) is 8.20. The summed E-state index contributed by atoms with van der Waals surface area (Å²) in [6, 6.07) is 5.64. The predicted octanol–water partition coefficient (Wildman–Crippen LogP) is 3.23. The van der Waals surface area contributed by atoms with Crippen LogP contribution < -0.4 is 5.73 Å². The summed E-state index contributed by atoms with van der Waals surface area (Å²) in [6.45, 7) is 2.84. The predicted molar refractivity (Wildman–Crippen MR) is 79.1 cm³/mol. The Bertz CT molecular complexity index is 450. The molecule has 1 amide bonds. The zero-order valence-corrected chi connectivity index (χ0v) is 12.0. The molecule has 0 spiro atoms. The maximum absolute atomic E-state index is 12.4. The van der Waals surface area contributed by atoms with Crippen molar-refractivity contribution < 1.29 is 4.79 Å². The lowest BCUT2D eigenvalue weighted by molar-refractivity contribution is 0.0761. The molecule has 3 nitrogen and oxygen atoms in total. The summed E-state index contributed by atoms with van der Waals surface area (Å²) in [7, 11) is 1.89. The smallest absolute Gasteiger partial charge is 0.255 e. The van der Waals surface area contributed by atoms with E-state index in [2.05, 4.69) is 0 Å². The molecule has 1 aromatic carbocycles. The van der Waals surface area contributed by atoms with Gasteiger partial charge in [0, 0.05) is 19.3 Å². The van der Waals surface area contributed by atoms with Gasteiger partial charge in [-0.2, -0.15) is 0 Å². The van der Waals surface area contributed by atoms with E-state index >= 15 is 0 Å². The van der Waals surface area contributed by atoms with E-state index in [1.807, 2.05) is 37.1 Å². The SMILES string of the molecule is Cc1ccc(N)c(C(=O)N(C)CC2CCCCC2)c1. The minimum Gasteiger partial charge on any atom is -0.398 e. The summed E-state index contributed by atoms with van der Waals surface area (Å²) in [5.74, 6) is 0.709. The summed E-state index contributed by atoms with van der Waals surface area (Å²) < 4.78 is 0. The zero-order chi connectivity index (χ0) is 13.8. The van der Waals surface area contributed by atoms with E-state index in [0.717, 1.165) is 12.1 Å². The maximum atomic E-state index is 12.4. The number of carbonyl (C=O) groups is 1. The second-order valence-corrected chi connectivity index (χ2v) is 5.78. The molecule has 0 saturated heterocycles. The number of nitrogens with zero attached hydrogens (tertiary/aromatic N) is 1. The standard InChI is InChI=1S/C16H24N2O/c1-12-8-9-15(17)14(10-12)16(19)18(2)11-13-6-4-3-5-7-13/h8-10,13H,3-7,11,17H2,1-2H3. The molecule has 19 heavy (non-hydrogen) atoms. The molecule has 104 valence electrons. The average Bonchev–Trinajstić information content (AvgIpc) is 2.42. The van der Waals surface area contributed by atoms with Gasteiger partial charge in [-0.3, -0.25) is 4.79 Å². The van der Waals surface area contributed by atoms with Gasteiger partial charge in [0.1, 0.15) is 0 Å². The number of nitrogens with two attached hydrogens (primary N) is 1. The highest BCUT2D eigenvalue weighted by Crippen LogP contribution is 2.25. The molecular formula is C16H24N2O. The second kappa shape index (κ2) is 6.09. The Balaban J connectivity index is 2.03. The molecule has 1 saturated carbocycles. The van der Waals surface area contributed by atoms with Gasteiger partial charge >= 0.3 is 0 Å². The fourth-order valence-electron chi connectivity index (χ4n) is 2.90. The molecule has 0 aliphatic heterocycles. The lowest BCUT2D eigenvalue weighted by Crippen LogP contribution is -2.33. The van der Waals surface area contributed by atoms with Crippen molar-refractivity contribution in [1.29, 1.82) is 0 Å². The van der Waals surface area contributed by atoms with Crippen LogP contribution in [0.25, 0.3) is 0 Å². The summed E-state index contributed by atoms with van der Waals surface area (Å²) in [5, 5.41) is 0. The molecule has 2 N–H and O–H groups in total. The molecule has 1 fully saturated rings. The number of benzene rings is 1. The van der Waals surface area contributed by atoms with E-state index < -0.39 is 0 Å². The lowest BCUT2D eigenvalue weighted by Gasteiger charge is -2.27. The maximum Gasteiger partial charge on any atom is 0.255 e. The van der Waals surface area contributed by atoms with Crippen molar-refractivity contribution in [2.75, 3.05) is 19.3 Å². The van der Waals surface area contributed by atoms with E-state index in [1.165, 1.54) is 32.1 Å². The van der Waals surface area contributed by atoms with Crippen LogP contribution in [0.1, 0.15) is 48.0 Å². The van der Waals surface area contributed by atoms with Crippen LogP contribution in [0.4, 0.5) is 5.69 Å². The fourth-order valence-corrected chi connectivity index (χ4v) is 2.90. The number of anilines is 1. The van der Waals surface area contributed by atoms with Crippen LogP contribution in [0, 0.1) is 12.8 Å². The number of hydrogen-bond acceptors (Lipinski definition) is 2. The molecule has 0 atom stereocenters. The monoisotopic (exact) mass is 260 g/mol. The van der Waals surface area contributed by atoms with E-state index in [4.69, 9.17) is 5.73 Å². The topological polar surface area (TPSA) is 46.3 Å². The zero-order valence-electron chi connectivity index (χ0n) is 12.0. The highest BCUT2D eigenvalue weighted by Gasteiger charge is 2.20. The van der Waals surface area contributed by atoms with Crippen molar-refractivity contribution in [2.24, 2.45) is 5.92 Å². The van der Waals surface area contributed by atoms with Crippen LogP contribution in [0.5, 0.6) is 0 Å². The third-order valence-electron chi connectivity index (χ3n) is 4.04. The average molecular weight is 260 g/mol. The van der Waals surface area contributed by atoms with Gasteiger partial charge in [0.25, 0.3) is 5.91 Å². The molecule has 3 heteroatoms. The van der Waals surface area contributed by atoms with Crippen molar-refractivity contribution in [1.82, 2.24) is 4.90 Å². The Hall–Kier alpha value is -1.51. The Labute approximate surface area is 115 Å². The number of aryl methyl sites for hydroxylation is 1. The lowest BCUT2D eigenvalue weighted by atomic mass is 9.89. The van der Waals surface area contributed by atoms with E-state index in [9.17, 15) is 4.79 Å². The quantitative estimate of drug-likeness (QED) is 0.848. The van der Waals surface area contributed by atoms with Crippen molar-refractivity contribution in [2.45, 2.75) is 39.0 Å². The first-order valence-electron chi connectivity index (χ1n) is 7.19. The first-order valence-corrected chi connectivity index (χ1v) is 7.19. The van der Waals surface area contributed by atoms with Gasteiger partial charge < -0.3 is 10.6 Å². The molecule has 0 aromatic heterocycles. The Morgan fingerprint density at radius 1 is 1.32 bits per heavy atom. The summed E-state index contributed by atoms with van der Waals surface area (Å²) in [4.78, 5) is 14.3.